The van der Waals surface area contributed by atoms with Crippen molar-refractivity contribution < 1.29 is 4.79 Å². The summed E-state index contributed by atoms with van der Waals surface area (Å²) in [6.07, 6.45) is 3.54. The maximum Gasteiger partial charge on any atom is 0.233 e. The Kier molecular flexibility index (Phi) is 6.76. The summed E-state index contributed by atoms with van der Waals surface area (Å²) in [6, 6.07) is 8.42. The molecule has 0 radical (unpaired) electrons. The van der Waals surface area contributed by atoms with Gasteiger partial charge in [-0.25, -0.2) is 0 Å². The van der Waals surface area contributed by atoms with E-state index in [9.17, 15) is 4.79 Å². The molecule has 1 fully saturated rings. The van der Waals surface area contributed by atoms with Crippen molar-refractivity contribution in [1.29, 1.82) is 0 Å². The fraction of sp³-hybridized carbons (Fsp3) is 0.550. The van der Waals surface area contributed by atoms with Crippen LogP contribution in [0.1, 0.15) is 45.6 Å². The SMILES string of the molecule is Cc1cccc(Nc2nnc(S[C@H](C)C(=O)N[C@H]3CCC[C@@H](C)[C@@H]3C)s2)c1. The van der Waals surface area contributed by atoms with Crippen molar-refractivity contribution in [3.63, 3.8) is 0 Å². The Balaban J connectivity index is 1.54. The number of hydrogen-bond acceptors (Lipinski definition) is 6. The molecule has 0 unspecified atom stereocenters. The molecule has 0 saturated heterocycles. The van der Waals surface area contributed by atoms with Crippen molar-refractivity contribution in [2.45, 2.75) is 62.6 Å². The molecule has 1 heterocycles. The predicted octanol–water partition coefficient (Wildman–Crippen LogP) is 5.01. The van der Waals surface area contributed by atoms with Crippen LogP contribution >= 0.6 is 23.1 Å². The number of rotatable bonds is 6. The summed E-state index contributed by atoms with van der Waals surface area (Å²) in [5, 5.41) is 15.5. The van der Waals surface area contributed by atoms with Gasteiger partial charge in [-0.05, 0) is 49.8 Å². The average molecular weight is 405 g/mol. The first-order valence-corrected chi connectivity index (χ1v) is 11.3. The van der Waals surface area contributed by atoms with Crippen LogP contribution in [0.4, 0.5) is 10.8 Å². The number of nitrogens with zero attached hydrogens (tertiary/aromatic N) is 2. The quantitative estimate of drug-likeness (QED) is 0.662. The van der Waals surface area contributed by atoms with Crippen LogP contribution in [0.15, 0.2) is 28.6 Å². The highest BCUT2D eigenvalue weighted by Gasteiger charge is 2.29. The number of hydrogen-bond donors (Lipinski definition) is 2. The van der Waals surface area contributed by atoms with Crippen LogP contribution in [0, 0.1) is 18.8 Å². The van der Waals surface area contributed by atoms with Crippen LogP contribution in [0.5, 0.6) is 0 Å². The molecule has 0 bridgehead atoms. The zero-order valence-corrected chi connectivity index (χ0v) is 18.0. The van der Waals surface area contributed by atoms with Crippen LogP contribution < -0.4 is 10.6 Å². The molecule has 146 valence electrons. The van der Waals surface area contributed by atoms with Gasteiger partial charge in [-0.1, -0.05) is 61.9 Å². The minimum Gasteiger partial charge on any atom is -0.352 e. The van der Waals surface area contributed by atoms with Gasteiger partial charge in [0.2, 0.25) is 11.0 Å². The summed E-state index contributed by atoms with van der Waals surface area (Å²) in [5.74, 6) is 1.30. The van der Waals surface area contributed by atoms with Gasteiger partial charge in [-0.15, -0.1) is 10.2 Å². The van der Waals surface area contributed by atoms with Crippen molar-refractivity contribution in [3.05, 3.63) is 29.8 Å². The van der Waals surface area contributed by atoms with E-state index in [1.54, 1.807) is 0 Å². The molecule has 27 heavy (non-hydrogen) atoms. The molecule has 7 heteroatoms. The standard InChI is InChI=1S/C20H28N4OS2/c1-12-7-5-9-16(11-12)21-19-23-24-20(27-19)26-15(4)18(25)22-17-10-6-8-13(2)14(17)3/h5,7,9,11,13-15,17H,6,8,10H2,1-4H3,(H,21,23)(H,22,25)/t13-,14+,15-,17+/m1/s1. The molecule has 0 aliphatic heterocycles. The molecule has 1 amide bonds. The van der Waals surface area contributed by atoms with E-state index in [2.05, 4.69) is 53.7 Å². The Morgan fingerprint density at radius 2 is 2.11 bits per heavy atom. The normalized spacial score (nSPS) is 23.6. The molecule has 1 aromatic carbocycles. The number of carbonyl (C=O) groups excluding carboxylic acids is 1. The number of amides is 1. The Bertz CT molecular complexity index is 779. The monoisotopic (exact) mass is 404 g/mol. The largest absolute Gasteiger partial charge is 0.352 e. The highest BCUT2D eigenvalue weighted by atomic mass is 32.2. The number of thioether (sulfide) groups is 1. The molecule has 3 rings (SSSR count). The lowest BCUT2D eigenvalue weighted by Crippen LogP contribution is -2.46. The van der Waals surface area contributed by atoms with Gasteiger partial charge in [0, 0.05) is 11.7 Å². The first kappa shape index (κ1) is 20.1. The van der Waals surface area contributed by atoms with E-state index in [0.29, 0.717) is 11.8 Å². The zero-order chi connectivity index (χ0) is 19.4. The first-order chi connectivity index (χ1) is 12.9. The minimum atomic E-state index is -0.186. The van der Waals surface area contributed by atoms with Gasteiger partial charge >= 0.3 is 0 Å². The summed E-state index contributed by atoms with van der Waals surface area (Å²) in [6.45, 7) is 8.53. The topological polar surface area (TPSA) is 66.9 Å². The molecule has 2 N–H and O–H groups in total. The number of nitrogens with one attached hydrogen (secondary N) is 2. The Labute approximate surface area is 169 Å². The number of aromatic nitrogens is 2. The van der Waals surface area contributed by atoms with Crippen molar-refractivity contribution in [2.75, 3.05) is 5.32 Å². The second kappa shape index (κ2) is 9.06. The maximum absolute atomic E-state index is 12.6. The number of aryl methyl sites for hydroxylation is 1. The van der Waals surface area contributed by atoms with Crippen LogP contribution in [-0.4, -0.2) is 27.4 Å². The van der Waals surface area contributed by atoms with E-state index in [-0.39, 0.29) is 17.2 Å². The molecule has 1 aliphatic rings. The van der Waals surface area contributed by atoms with E-state index in [4.69, 9.17) is 0 Å². The van der Waals surface area contributed by atoms with Gasteiger partial charge < -0.3 is 10.6 Å². The van der Waals surface area contributed by atoms with Crippen LogP contribution in [0.2, 0.25) is 0 Å². The van der Waals surface area contributed by atoms with Gasteiger partial charge in [0.15, 0.2) is 4.34 Å². The zero-order valence-electron chi connectivity index (χ0n) is 16.4. The predicted molar refractivity (Wildman–Crippen MR) is 114 cm³/mol. The van der Waals surface area contributed by atoms with Gasteiger partial charge in [0.05, 0.1) is 5.25 Å². The average Bonchev–Trinajstić information content (AvgIpc) is 3.05. The van der Waals surface area contributed by atoms with E-state index in [1.807, 2.05) is 19.1 Å². The highest BCUT2D eigenvalue weighted by molar-refractivity contribution is 8.02. The van der Waals surface area contributed by atoms with Crippen molar-refractivity contribution in [2.24, 2.45) is 11.8 Å². The Morgan fingerprint density at radius 1 is 1.30 bits per heavy atom. The molecule has 4 atom stereocenters. The molecule has 1 aromatic heterocycles. The van der Waals surface area contributed by atoms with E-state index >= 15 is 0 Å². The summed E-state index contributed by atoms with van der Waals surface area (Å²) in [4.78, 5) is 12.6. The smallest absolute Gasteiger partial charge is 0.233 e. The van der Waals surface area contributed by atoms with Gasteiger partial charge in [-0.3, -0.25) is 4.79 Å². The van der Waals surface area contributed by atoms with Gasteiger partial charge in [0.25, 0.3) is 0 Å². The lowest BCUT2D eigenvalue weighted by molar-refractivity contribution is -0.121. The minimum absolute atomic E-state index is 0.0920. The Hall–Kier alpha value is -1.60. The summed E-state index contributed by atoms with van der Waals surface area (Å²) < 4.78 is 0.804. The number of benzene rings is 1. The molecule has 0 spiro atoms. The summed E-state index contributed by atoms with van der Waals surface area (Å²) in [5.41, 5.74) is 2.18. The van der Waals surface area contributed by atoms with E-state index < -0.39 is 0 Å². The summed E-state index contributed by atoms with van der Waals surface area (Å²) in [7, 11) is 0. The molecular weight excluding hydrogens is 376 g/mol. The summed E-state index contributed by atoms with van der Waals surface area (Å²) >= 11 is 2.95. The fourth-order valence-corrected chi connectivity index (χ4v) is 5.37. The molecule has 2 aromatic rings. The molecule has 5 nitrogen and oxygen atoms in total. The molecular formula is C20H28N4OS2. The second-order valence-corrected chi connectivity index (χ2v) is 10.1. The maximum atomic E-state index is 12.6. The third-order valence-corrected chi connectivity index (χ3v) is 7.38. The number of anilines is 2. The van der Waals surface area contributed by atoms with E-state index in [0.717, 1.165) is 21.6 Å². The second-order valence-electron chi connectivity index (χ2n) is 7.51. The molecule has 1 saturated carbocycles. The lowest BCUT2D eigenvalue weighted by Gasteiger charge is -2.35. The lowest BCUT2D eigenvalue weighted by atomic mass is 9.78. The van der Waals surface area contributed by atoms with Crippen molar-refractivity contribution in [3.8, 4) is 0 Å². The first-order valence-electron chi connectivity index (χ1n) is 9.56. The third kappa shape index (κ3) is 5.45. The van der Waals surface area contributed by atoms with Gasteiger partial charge in [0.1, 0.15) is 0 Å². The fourth-order valence-electron chi connectivity index (χ4n) is 3.44. The molecule has 1 aliphatic carbocycles. The Morgan fingerprint density at radius 3 is 2.89 bits per heavy atom. The van der Waals surface area contributed by atoms with E-state index in [1.165, 1.54) is 41.5 Å². The third-order valence-electron chi connectivity index (χ3n) is 5.36. The van der Waals surface area contributed by atoms with Crippen LogP contribution in [-0.2, 0) is 4.79 Å². The van der Waals surface area contributed by atoms with Crippen molar-refractivity contribution in [1.82, 2.24) is 15.5 Å². The van der Waals surface area contributed by atoms with Crippen molar-refractivity contribution >= 4 is 39.8 Å². The number of carbonyl (C=O) groups is 1. The highest BCUT2D eigenvalue weighted by Crippen LogP contribution is 2.32. The van der Waals surface area contributed by atoms with Gasteiger partial charge in [-0.2, -0.15) is 0 Å². The van der Waals surface area contributed by atoms with Crippen LogP contribution in [0.25, 0.3) is 0 Å². The van der Waals surface area contributed by atoms with Crippen LogP contribution in [0.3, 0.4) is 0 Å².